The van der Waals surface area contributed by atoms with Crippen LogP contribution in [0.4, 0.5) is 11.8 Å². The summed E-state index contributed by atoms with van der Waals surface area (Å²) in [5.74, 6) is 3.71. The molecule has 2 aromatic carbocycles. The molecular formula is C21H24N4O3. The van der Waals surface area contributed by atoms with Gasteiger partial charge in [-0.15, -0.1) is 0 Å². The Morgan fingerprint density at radius 2 is 1.64 bits per heavy atom. The monoisotopic (exact) mass is 380 g/mol. The molecule has 7 heteroatoms. The highest BCUT2D eigenvalue weighted by molar-refractivity contribution is 5.41. The molecule has 0 unspecified atom stereocenters. The molecule has 3 rings (SSSR count). The molecule has 0 radical (unpaired) electrons. The van der Waals surface area contributed by atoms with Crippen molar-refractivity contribution in [2.75, 3.05) is 38.0 Å². The summed E-state index contributed by atoms with van der Waals surface area (Å²) in [4.78, 5) is 8.72. The zero-order valence-electron chi connectivity index (χ0n) is 16.0. The van der Waals surface area contributed by atoms with Crippen LogP contribution in [0.2, 0.25) is 0 Å². The van der Waals surface area contributed by atoms with Crippen molar-refractivity contribution in [2.24, 2.45) is 0 Å². The minimum Gasteiger partial charge on any atom is -0.497 e. The van der Waals surface area contributed by atoms with Crippen molar-refractivity contribution >= 4 is 11.8 Å². The third kappa shape index (κ3) is 5.51. The fourth-order valence-electron chi connectivity index (χ4n) is 2.59. The normalized spacial score (nSPS) is 10.2. The van der Waals surface area contributed by atoms with Gasteiger partial charge in [0, 0.05) is 18.3 Å². The smallest absolute Gasteiger partial charge is 0.224 e. The molecule has 1 heterocycles. The van der Waals surface area contributed by atoms with Gasteiger partial charge in [-0.3, -0.25) is 0 Å². The minimum absolute atomic E-state index is 0.514. The lowest BCUT2D eigenvalue weighted by atomic mass is 10.2. The molecule has 0 saturated heterocycles. The van der Waals surface area contributed by atoms with Crippen LogP contribution in [0.5, 0.6) is 17.2 Å². The summed E-state index contributed by atoms with van der Waals surface area (Å²) in [5.41, 5.74) is 1.04. The summed E-state index contributed by atoms with van der Waals surface area (Å²) in [6.07, 6.45) is 1.71. The highest BCUT2D eigenvalue weighted by Crippen LogP contribution is 2.19. The number of ether oxygens (including phenoxy) is 3. The van der Waals surface area contributed by atoms with E-state index >= 15 is 0 Å². The van der Waals surface area contributed by atoms with Gasteiger partial charge < -0.3 is 24.8 Å². The van der Waals surface area contributed by atoms with Crippen LogP contribution in [0.1, 0.15) is 5.56 Å². The molecule has 0 bridgehead atoms. The first-order valence-corrected chi connectivity index (χ1v) is 8.98. The van der Waals surface area contributed by atoms with E-state index in [4.69, 9.17) is 14.2 Å². The molecule has 7 nitrogen and oxygen atoms in total. The fourth-order valence-corrected chi connectivity index (χ4v) is 2.59. The lowest BCUT2D eigenvalue weighted by Gasteiger charge is -2.11. The largest absolute Gasteiger partial charge is 0.497 e. The quantitative estimate of drug-likeness (QED) is 0.520. The van der Waals surface area contributed by atoms with E-state index in [9.17, 15) is 0 Å². The van der Waals surface area contributed by atoms with Crippen LogP contribution in [-0.2, 0) is 6.54 Å². The van der Waals surface area contributed by atoms with Crippen molar-refractivity contribution in [3.05, 3.63) is 66.4 Å². The first-order valence-electron chi connectivity index (χ1n) is 8.98. The van der Waals surface area contributed by atoms with Crippen molar-refractivity contribution in [1.29, 1.82) is 0 Å². The minimum atomic E-state index is 0.514. The number of nitrogens with one attached hydrogen (secondary N) is 2. The van der Waals surface area contributed by atoms with Gasteiger partial charge in [-0.05, 0) is 36.4 Å². The van der Waals surface area contributed by atoms with E-state index in [-0.39, 0.29) is 0 Å². The third-order valence-corrected chi connectivity index (χ3v) is 4.02. The van der Waals surface area contributed by atoms with Gasteiger partial charge in [0.2, 0.25) is 5.95 Å². The predicted octanol–water partition coefficient (Wildman–Crippen LogP) is 3.60. The summed E-state index contributed by atoms with van der Waals surface area (Å²) in [6, 6.07) is 17.2. The van der Waals surface area contributed by atoms with Gasteiger partial charge in [-0.2, -0.15) is 4.98 Å². The van der Waals surface area contributed by atoms with Crippen LogP contribution in [0, 0.1) is 0 Å². The van der Waals surface area contributed by atoms with Gasteiger partial charge in [0.25, 0.3) is 0 Å². The maximum Gasteiger partial charge on any atom is 0.224 e. The topological polar surface area (TPSA) is 77.5 Å². The first kappa shape index (κ1) is 19.3. The van der Waals surface area contributed by atoms with Crippen LogP contribution < -0.4 is 24.8 Å². The van der Waals surface area contributed by atoms with E-state index in [1.54, 1.807) is 20.4 Å². The Morgan fingerprint density at radius 1 is 0.857 bits per heavy atom. The molecule has 0 fully saturated rings. The Labute approximate surface area is 164 Å². The summed E-state index contributed by atoms with van der Waals surface area (Å²) < 4.78 is 16.2. The summed E-state index contributed by atoms with van der Waals surface area (Å²) in [5, 5.41) is 6.45. The molecule has 0 aliphatic heterocycles. The van der Waals surface area contributed by atoms with Gasteiger partial charge in [0.1, 0.15) is 29.7 Å². The average Bonchev–Trinajstić information content (AvgIpc) is 2.76. The van der Waals surface area contributed by atoms with Crippen molar-refractivity contribution in [3.63, 3.8) is 0 Å². The molecule has 0 saturated carbocycles. The fraction of sp³-hybridized carbons (Fsp3) is 0.238. The molecule has 0 atom stereocenters. The van der Waals surface area contributed by atoms with E-state index in [0.717, 1.165) is 28.6 Å². The maximum atomic E-state index is 5.70. The zero-order valence-corrected chi connectivity index (χ0v) is 16.0. The second-order valence-corrected chi connectivity index (χ2v) is 5.88. The molecule has 28 heavy (non-hydrogen) atoms. The number of hydrogen-bond acceptors (Lipinski definition) is 7. The summed E-state index contributed by atoms with van der Waals surface area (Å²) >= 11 is 0. The molecule has 0 spiro atoms. The van der Waals surface area contributed by atoms with Crippen LogP contribution in [0.3, 0.4) is 0 Å². The summed E-state index contributed by atoms with van der Waals surface area (Å²) in [7, 11) is 3.30. The number of para-hydroxylation sites is 1. The third-order valence-electron chi connectivity index (χ3n) is 4.02. The van der Waals surface area contributed by atoms with Crippen LogP contribution >= 0.6 is 0 Å². The first-order chi connectivity index (χ1) is 13.8. The van der Waals surface area contributed by atoms with Crippen LogP contribution in [0.15, 0.2) is 60.8 Å². The Hall–Kier alpha value is -3.48. The van der Waals surface area contributed by atoms with Crippen LogP contribution in [-0.4, -0.2) is 37.3 Å². The Kier molecular flexibility index (Phi) is 6.89. The molecule has 146 valence electrons. The number of hydrogen-bond donors (Lipinski definition) is 2. The van der Waals surface area contributed by atoms with Gasteiger partial charge in [0.05, 0.1) is 20.8 Å². The van der Waals surface area contributed by atoms with Gasteiger partial charge in [-0.1, -0.05) is 18.2 Å². The number of rotatable bonds is 10. The van der Waals surface area contributed by atoms with Crippen molar-refractivity contribution < 1.29 is 14.2 Å². The Balaban J connectivity index is 1.46. The zero-order chi connectivity index (χ0) is 19.6. The number of nitrogens with zero attached hydrogens (tertiary/aromatic N) is 2. The maximum absolute atomic E-state index is 5.70. The standard InChI is InChI=1S/C21H24N4O3/c1-26-17-7-9-18(10-8-17)28-14-13-22-20-11-12-23-21(25-20)24-15-16-5-3-4-6-19(16)27-2/h3-12H,13-15H2,1-2H3,(H2,22,23,24,25). The molecule has 0 amide bonds. The van der Waals surface area contributed by atoms with Gasteiger partial charge in [0.15, 0.2) is 0 Å². The number of methoxy groups -OCH3 is 2. The van der Waals surface area contributed by atoms with Gasteiger partial charge in [-0.25, -0.2) is 4.98 Å². The number of benzene rings is 2. The van der Waals surface area contributed by atoms with Crippen molar-refractivity contribution in [1.82, 2.24) is 9.97 Å². The lowest BCUT2D eigenvalue weighted by molar-refractivity contribution is 0.331. The summed E-state index contributed by atoms with van der Waals surface area (Å²) in [6.45, 7) is 1.71. The second kappa shape index (κ2) is 10.0. The van der Waals surface area contributed by atoms with Crippen molar-refractivity contribution in [2.45, 2.75) is 6.54 Å². The van der Waals surface area contributed by atoms with E-state index in [1.165, 1.54) is 0 Å². The van der Waals surface area contributed by atoms with E-state index < -0.39 is 0 Å². The van der Waals surface area contributed by atoms with Gasteiger partial charge >= 0.3 is 0 Å². The second-order valence-electron chi connectivity index (χ2n) is 5.88. The number of aromatic nitrogens is 2. The van der Waals surface area contributed by atoms with Crippen LogP contribution in [0.25, 0.3) is 0 Å². The molecule has 0 aliphatic carbocycles. The molecule has 0 aliphatic rings. The number of anilines is 2. The van der Waals surface area contributed by atoms with Crippen molar-refractivity contribution in [3.8, 4) is 17.2 Å². The predicted molar refractivity (Wildman–Crippen MR) is 109 cm³/mol. The van der Waals surface area contributed by atoms with E-state index in [2.05, 4.69) is 20.6 Å². The SMILES string of the molecule is COc1ccc(OCCNc2ccnc(NCc3ccccc3OC)n2)cc1. The molecule has 2 N–H and O–H groups in total. The molecule has 1 aromatic heterocycles. The highest BCUT2D eigenvalue weighted by atomic mass is 16.5. The van der Waals surface area contributed by atoms with E-state index in [1.807, 2.05) is 54.6 Å². The Bertz CT molecular complexity index is 872. The molecular weight excluding hydrogens is 356 g/mol. The molecule has 3 aromatic rings. The lowest BCUT2D eigenvalue weighted by Crippen LogP contribution is -2.13. The average molecular weight is 380 g/mol. The highest BCUT2D eigenvalue weighted by Gasteiger charge is 2.04. The van der Waals surface area contributed by atoms with E-state index in [0.29, 0.717) is 25.6 Å². The Morgan fingerprint density at radius 3 is 2.43 bits per heavy atom.